The first-order valence-electron chi connectivity index (χ1n) is 5.24. The molecule has 0 unspecified atom stereocenters. The lowest BCUT2D eigenvalue weighted by atomic mass is 10.1. The number of carboxylic acids is 1. The van der Waals surface area contributed by atoms with E-state index >= 15 is 0 Å². The number of hydrogen-bond acceptors (Lipinski definition) is 4. The van der Waals surface area contributed by atoms with Gasteiger partial charge in [0.05, 0.1) is 5.69 Å². The van der Waals surface area contributed by atoms with Crippen LogP contribution in [0.25, 0.3) is 0 Å². The number of rotatable bonds is 4. The summed E-state index contributed by atoms with van der Waals surface area (Å²) in [6.45, 7) is 0. The molecule has 0 radical (unpaired) electrons. The zero-order valence-corrected chi connectivity index (χ0v) is 10.5. The molecule has 6 heteroatoms. The number of H-pyrrole nitrogens is 1. The van der Waals surface area contributed by atoms with Crippen molar-refractivity contribution in [2.45, 2.75) is 11.6 Å². The summed E-state index contributed by atoms with van der Waals surface area (Å²) in [5.74, 6) is -0.893. The average Bonchev–Trinajstić information content (AvgIpc) is 2.72. The Balaban J connectivity index is 2.33. The molecular formula is C12H12N2O3S. The molecule has 0 amide bonds. The van der Waals surface area contributed by atoms with Crippen LogP contribution < -0.4 is 0 Å². The summed E-state index contributed by atoms with van der Waals surface area (Å²) in [7, 11) is 0. The molecule has 1 heterocycles. The summed E-state index contributed by atoms with van der Waals surface area (Å²) in [4.78, 5) is 18.0. The van der Waals surface area contributed by atoms with Crippen molar-refractivity contribution < 1.29 is 15.0 Å². The fourth-order valence-corrected chi connectivity index (χ4v) is 2.07. The van der Waals surface area contributed by atoms with Gasteiger partial charge in [-0.05, 0) is 24.0 Å². The van der Waals surface area contributed by atoms with Crippen LogP contribution in [0.3, 0.4) is 0 Å². The van der Waals surface area contributed by atoms with Gasteiger partial charge in [-0.2, -0.15) is 0 Å². The maximum absolute atomic E-state index is 11.1. The molecule has 0 aliphatic rings. The standard InChI is InChI=1S/C12H12N2O3S/c1-18-12-13-9(10(14-12)11(16)17)6-7-3-2-4-8(15)5-7/h2-5,15H,6H2,1H3,(H,13,14)(H,16,17). The van der Waals surface area contributed by atoms with Crippen LogP contribution in [0.4, 0.5) is 0 Å². The molecule has 0 aliphatic carbocycles. The number of aromatic carboxylic acids is 1. The molecule has 0 atom stereocenters. The molecule has 0 saturated heterocycles. The Kier molecular flexibility index (Phi) is 3.57. The van der Waals surface area contributed by atoms with E-state index in [9.17, 15) is 9.90 Å². The number of carbonyl (C=O) groups is 1. The van der Waals surface area contributed by atoms with E-state index in [0.29, 0.717) is 17.3 Å². The SMILES string of the molecule is CSc1nc(C(=O)O)c(Cc2cccc(O)c2)[nH]1. The van der Waals surface area contributed by atoms with Crippen molar-refractivity contribution in [2.24, 2.45) is 0 Å². The Bertz CT molecular complexity index is 580. The van der Waals surface area contributed by atoms with Gasteiger partial charge in [0.1, 0.15) is 5.75 Å². The molecule has 0 bridgehead atoms. The molecular weight excluding hydrogens is 252 g/mol. The minimum atomic E-state index is -1.05. The molecule has 94 valence electrons. The second-order valence-corrected chi connectivity index (χ2v) is 4.52. The molecule has 2 rings (SSSR count). The van der Waals surface area contributed by atoms with Crippen molar-refractivity contribution in [2.75, 3.05) is 6.26 Å². The van der Waals surface area contributed by atoms with Gasteiger partial charge in [0, 0.05) is 6.42 Å². The number of aromatic hydroxyl groups is 1. The largest absolute Gasteiger partial charge is 0.508 e. The molecule has 1 aromatic heterocycles. The van der Waals surface area contributed by atoms with Gasteiger partial charge < -0.3 is 15.2 Å². The average molecular weight is 264 g/mol. The molecule has 0 saturated carbocycles. The highest BCUT2D eigenvalue weighted by molar-refractivity contribution is 7.98. The summed E-state index contributed by atoms with van der Waals surface area (Å²) in [6.07, 6.45) is 2.21. The van der Waals surface area contributed by atoms with Crippen LogP contribution in [0.1, 0.15) is 21.7 Å². The number of phenolic OH excluding ortho intramolecular Hbond substituents is 1. The molecule has 2 aromatic rings. The number of phenols is 1. The van der Waals surface area contributed by atoms with E-state index in [-0.39, 0.29) is 11.4 Å². The maximum atomic E-state index is 11.1. The lowest BCUT2D eigenvalue weighted by molar-refractivity contribution is 0.0689. The Morgan fingerprint density at radius 3 is 2.89 bits per heavy atom. The summed E-state index contributed by atoms with van der Waals surface area (Å²) < 4.78 is 0. The van der Waals surface area contributed by atoms with Crippen molar-refractivity contribution in [3.05, 3.63) is 41.2 Å². The fraction of sp³-hybridized carbons (Fsp3) is 0.167. The van der Waals surface area contributed by atoms with E-state index < -0.39 is 5.97 Å². The first kappa shape index (κ1) is 12.5. The zero-order chi connectivity index (χ0) is 13.1. The molecule has 18 heavy (non-hydrogen) atoms. The third-order valence-electron chi connectivity index (χ3n) is 2.44. The van der Waals surface area contributed by atoms with Gasteiger partial charge in [-0.25, -0.2) is 9.78 Å². The number of thioether (sulfide) groups is 1. The van der Waals surface area contributed by atoms with Crippen LogP contribution in [-0.2, 0) is 6.42 Å². The Hall–Kier alpha value is -1.95. The van der Waals surface area contributed by atoms with E-state index in [1.807, 2.05) is 12.3 Å². The van der Waals surface area contributed by atoms with Crippen molar-refractivity contribution in [1.29, 1.82) is 0 Å². The minimum Gasteiger partial charge on any atom is -0.508 e. The number of aromatic nitrogens is 2. The molecule has 0 spiro atoms. The number of imidazole rings is 1. The highest BCUT2D eigenvalue weighted by Crippen LogP contribution is 2.19. The number of benzene rings is 1. The van der Waals surface area contributed by atoms with Gasteiger partial charge in [0.25, 0.3) is 0 Å². The van der Waals surface area contributed by atoms with E-state index in [1.54, 1.807) is 18.2 Å². The summed E-state index contributed by atoms with van der Waals surface area (Å²) in [5.41, 5.74) is 1.40. The van der Waals surface area contributed by atoms with E-state index in [2.05, 4.69) is 9.97 Å². The number of nitrogens with one attached hydrogen (secondary N) is 1. The molecule has 0 aliphatic heterocycles. The predicted octanol–water partition coefficient (Wildman–Crippen LogP) is 2.13. The van der Waals surface area contributed by atoms with Crippen LogP contribution in [-0.4, -0.2) is 32.4 Å². The van der Waals surface area contributed by atoms with Crippen molar-refractivity contribution in [3.63, 3.8) is 0 Å². The van der Waals surface area contributed by atoms with Crippen LogP contribution in [0, 0.1) is 0 Å². The van der Waals surface area contributed by atoms with Crippen LogP contribution in [0.5, 0.6) is 5.75 Å². The quantitative estimate of drug-likeness (QED) is 0.736. The van der Waals surface area contributed by atoms with Gasteiger partial charge in [0.2, 0.25) is 0 Å². The highest BCUT2D eigenvalue weighted by Gasteiger charge is 2.16. The van der Waals surface area contributed by atoms with E-state index in [1.165, 1.54) is 11.8 Å². The second-order valence-electron chi connectivity index (χ2n) is 3.73. The Labute approximate surface area is 108 Å². The first-order valence-corrected chi connectivity index (χ1v) is 6.46. The summed E-state index contributed by atoms with van der Waals surface area (Å²) >= 11 is 1.36. The minimum absolute atomic E-state index is 0.0303. The topological polar surface area (TPSA) is 86.2 Å². The fourth-order valence-electron chi connectivity index (χ4n) is 1.66. The van der Waals surface area contributed by atoms with Crippen LogP contribution >= 0.6 is 11.8 Å². The van der Waals surface area contributed by atoms with Gasteiger partial charge in [-0.1, -0.05) is 23.9 Å². The summed E-state index contributed by atoms with van der Waals surface area (Å²) in [6, 6.07) is 6.72. The monoisotopic (exact) mass is 264 g/mol. The lowest BCUT2D eigenvalue weighted by Gasteiger charge is -2.01. The molecule has 0 fully saturated rings. The lowest BCUT2D eigenvalue weighted by Crippen LogP contribution is -2.02. The number of aromatic amines is 1. The van der Waals surface area contributed by atoms with Gasteiger partial charge >= 0.3 is 5.97 Å². The summed E-state index contributed by atoms with van der Waals surface area (Å²) in [5, 5.41) is 19.0. The molecule has 1 aromatic carbocycles. The van der Waals surface area contributed by atoms with E-state index in [0.717, 1.165) is 5.56 Å². The van der Waals surface area contributed by atoms with Crippen LogP contribution in [0.15, 0.2) is 29.4 Å². The number of nitrogens with zero attached hydrogens (tertiary/aromatic N) is 1. The number of hydrogen-bond donors (Lipinski definition) is 3. The third-order valence-corrected chi connectivity index (χ3v) is 3.02. The molecule has 3 N–H and O–H groups in total. The third kappa shape index (κ3) is 2.65. The van der Waals surface area contributed by atoms with Crippen molar-refractivity contribution in [3.8, 4) is 5.75 Å². The smallest absolute Gasteiger partial charge is 0.356 e. The Morgan fingerprint density at radius 1 is 1.50 bits per heavy atom. The number of carboxylic acid groups (broad SMARTS) is 1. The van der Waals surface area contributed by atoms with Crippen molar-refractivity contribution in [1.82, 2.24) is 9.97 Å². The Morgan fingerprint density at radius 2 is 2.28 bits per heavy atom. The second kappa shape index (κ2) is 5.14. The van der Waals surface area contributed by atoms with Crippen molar-refractivity contribution >= 4 is 17.7 Å². The van der Waals surface area contributed by atoms with E-state index in [4.69, 9.17) is 5.11 Å². The first-order chi connectivity index (χ1) is 8.60. The normalized spacial score (nSPS) is 10.5. The molecule has 5 nitrogen and oxygen atoms in total. The highest BCUT2D eigenvalue weighted by atomic mass is 32.2. The van der Waals surface area contributed by atoms with Crippen LogP contribution in [0.2, 0.25) is 0 Å². The maximum Gasteiger partial charge on any atom is 0.356 e. The zero-order valence-electron chi connectivity index (χ0n) is 9.67. The van der Waals surface area contributed by atoms with Gasteiger partial charge in [-0.15, -0.1) is 0 Å². The predicted molar refractivity (Wildman–Crippen MR) is 68.2 cm³/mol. The van der Waals surface area contributed by atoms with Gasteiger partial charge in [-0.3, -0.25) is 0 Å². The van der Waals surface area contributed by atoms with Gasteiger partial charge in [0.15, 0.2) is 10.9 Å².